The van der Waals surface area contributed by atoms with Crippen molar-refractivity contribution in [3.63, 3.8) is 0 Å². The van der Waals surface area contributed by atoms with Crippen LogP contribution in [0.15, 0.2) is 65.8 Å². The first-order valence-corrected chi connectivity index (χ1v) is 9.94. The van der Waals surface area contributed by atoms with Crippen molar-refractivity contribution in [3.05, 3.63) is 82.6 Å². The van der Waals surface area contributed by atoms with Crippen molar-refractivity contribution in [1.29, 1.82) is 5.41 Å². The van der Waals surface area contributed by atoms with Crippen LogP contribution < -0.4 is 5.32 Å². The quantitative estimate of drug-likeness (QED) is 0.556. The van der Waals surface area contributed by atoms with Gasteiger partial charge in [-0.15, -0.1) is 0 Å². The molecular formula is C23H22ClN5. The smallest absolute Gasteiger partial charge is 0.227 e. The average molecular weight is 404 g/mol. The van der Waals surface area contributed by atoms with Gasteiger partial charge in [-0.3, -0.25) is 4.99 Å². The number of aliphatic imine (C=N–C) groups is 1. The molecule has 0 radical (unpaired) electrons. The molecule has 3 aromatic rings. The Labute approximate surface area is 175 Å². The summed E-state index contributed by atoms with van der Waals surface area (Å²) in [5.74, 6) is 0.353. The first kappa shape index (κ1) is 19.3. The molecule has 1 aromatic heterocycles. The lowest BCUT2D eigenvalue weighted by Crippen LogP contribution is -2.31. The van der Waals surface area contributed by atoms with Crippen LogP contribution in [0.3, 0.4) is 0 Å². The third-order valence-corrected chi connectivity index (χ3v) is 5.55. The number of anilines is 2. The second-order valence-electron chi connectivity index (χ2n) is 7.18. The highest BCUT2D eigenvalue weighted by Gasteiger charge is 2.35. The maximum Gasteiger partial charge on any atom is 0.227 e. The second kappa shape index (κ2) is 8.13. The van der Waals surface area contributed by atoms with Gasteiger partial charge in [0.1, 0.15) is 0 Å². The van der Waals surface area contributed by atoms with Crippen LogP contribution in [0.25, 0.3) is 0 Å². The van der Waals surface area contributed by atoms with Crippen molar-refractivity contribution in [3.8, 4) is 0 Å². The molecule has 0 amide bonds. The maximum absolute atomic E-state index is 8.75. The number of halogens is 1. The highest BCUT2D eigenvalue weighted by molar-refractivity contribution is 6.35. The zero-order valence-electron chi connectivity index (χ0n) is 16.4. The summed E-state index contributed by atoms with van der Waals surface area (Å²) in [6.07, 6.45) is 2.52. The zero-order valence-corrected chi connectivity index (χ0v) is 17.1. The van der Waals surface area contributed by atoms with Gasteiger partial charge in [0.2, 0.25) is 5.95 Å². The summed E-state index contributed by atoms with van der Waals surface area (Å²) in [6.45, 7) is 2.11. The summed E-state index contributed by atoms with van der Waals surface area (Å²) in [6, 6.07) is 17.4. The Balaban J connectivity index is 1.80. The minimum atomic E-state index is -0.342. The lowest BCUT2D eigenvalue weighted by atomic mass is 9.76. The Morgan fingerprint density at radius 2 is 1.86 bits per heavy atom. The third kappa shape index (κ3) is 3.78. The molecular weight excluding hydrogens is 382 g/mol. The molecule has 0 spiro atoms. The van der Waals surface area contributed by atoms with E-state index in [9.17, 15) is 0 Å². The van der Waals surface area contributed by atoms with Gasteiger partial charge < -0.3 is 10.7 Å². The van der Waals surface area contributed by atoms with Crippen LogP contribution in [0.5, 0.6) is 0 Å². The van der Waals surface area contributed by atoms with Gasteiger partial charge in [0.05, 0.1) is 17.3 Å². The molecule has 1 heterocycles. The number of rotatable bonds is 4. The monoisotopic (exact) mass is 403 g/mol. The number of benzene rings is 2. The molecule has 4 rings (SSSR count). The van der Waals surface area contributed by atoms with Crippen LogP contribution in [0.4, 0.5) is 11.6 Å². The predicted octanol–water partition coefficient (Wildman–Crippen LogP) is 5.60. The van der Waals surface area contributed by atoms with E-state index in [4.69, 9.17) is 22.0 Å². The standard InChI is InChI=1S/C23H22ClN5/c1-14-12-19(25)20(21(26-2)16-10-6-7-11-18(16)24)22-17(14)13-27-23(29-22)28-15-8-4-3-5-9-15/h3-11,13-14,20,25H,12H2,1-2H3,(H,27,28,29). The average Bonchev–Trinajstić information content (AvgIpc) is 2.72. The Kier molecular flexibility index (Phi) is 5.41. The molecule has 146 valence electrons. The lowest BCUT2D eigenvalue weighted by Gasteiger charge is -2.30. The molecule has 0 bridgehead atoms. The van der Waals surface area contributed by atoms with E-state index in [2.05, 4.69) is 22.2 Å². The van der Waals surface area contributed by atoms with Gasteiger partial charge in [-0.1, -0.05) is 54.9 Å². The van der Waals surface area contributed by atoms with Gasteiger partial charge in [0, 0.05) is 35.2 Å². The minimum Gasteiger partial charge on any atom is -0.324 e. The van der Waals surface area contributed by atoms with Gasteiger partial charge in [-0.2, -0.15) is 0 Å². The fourth-order valence-corrected chi connectivity index (χ4v) is 4.05. The van der Waals surface area contributed by atoms with Crippen molar-refractivity contribution in [2.45, 2.75) is 25.2 Å². The van der Waals surface area contributed by atoms with E-state index in [1.807, 2.05) is 60.8 Å². The number of para-hydroxylation sites is 1. The summed E-state index contributed by atoms with van der Waals surface area (Å²) in [5, 5.41) is 12.6. The first-order chi connectivity index (χ1) is 14.1. The zero-order chi connectivity index (χ0) is 20.4. The van der Waals surface area contributed by atoms with Gasteiger partial charge in [-0.25, -0.2) is 9.97 Å². The van der Waals surface area contributed by atoms with E-state index >= 15 is 0 Å². The summed E-state index contributed by atoms with van der Waals surface area (Å²) in [5.41, 5.74) is 4.98. The molecule has 1 aliphatic rings. The predicted molar refractivity (Wildman–Crippen MR) is 119 cm³/mol. The molecule has 2 atom stereocenters. The molecule has 29 heavy (non-hydrogen) atoms. The second-order valence-corrected chi connectivity index (χ2v) is 7.58. The van der Waals surface area contributed by atoms with E-state index in [0.717, 1.165) is 28.2 Å². The Bertz CT molecular complexity index is 1080. The van der Waals surface area contributed by atoms with Crippen molar-refractivity contribution in [1.82, 2.24) is 9.97 Å². The van der Waals surface area contributed by atoms with E-state index in [1.165, 1.54) is 0 Å². The Morgan fingerprint density at radius 3 is 2.59 bits per heavy atom. The van der Waals surface area contributed by atoms with E-state index in [1.54, 1.807) is 7.05 Å². The Hall–Kier alpha value is -3.05. The highest BCUT2D eigenvalue weighted by Crippen LogP contribution is 2.38. The van der Waals surface area contributed by atoms with Gasteiger partial charge >= 0.3 is 0 Å². The van der Waals surface area contributed by atoms with Crippen LogP contribution in [0, 0.1) is 5.41 Å². The van der Waals surface area contributed by atoms with E-state index < -0.39 is 0 Å². The van der Waals surface area contributed by atoms with Crippen LogP contribution in [0.2, 0.25) is 5.02 Å². The SMILES string of the molecule is CN=C(c1ccccc1Cl)C1C(=N)CC(C)c2cnc(Nc3ccccc3)nc21. The number of nitrogens with one attached hydrogen (secondary N) is 2. The first-order valence-electron chi connectivity index (χ1n) is 9.56. The minimum absolute atomic E-state index is 0.184. The third-order valence-electron chi connectivity index (χ3n) is 5.22. The number of fused-ring (bicyclic) bond motifs is 1. The molecule has 1 aliphatic carbocycles. The molecule has 5 nitrogen and oxygen atoms in total. The maximum atomic E-state index is 8.75. The molecule has 6 heteroatoms. The van der Waals surface area contributed by atoms with Crippen molar-refractivity contribution < 1.29 is 0 Å². The normalized spacial score (nSPS) is 19.0. The van der Waals surface area contributed by atoms with Gasteiger partial charge in [-0.05, 0) is 36.1 Å². The largest absolute Gasteiger partial charge is 0.324 e. The van der Waals surface area contributed by atoms with Crippen molar-refractivity contribution in [2.75, 3.05) is 12.4 Å². The van der Waals surface area contributed by atoms with Crippen LogP contribution in [-0.2, 0) is 0 Å². The summed E-state index contributed by atoms with van der Waals surface area (Å²) < 4.78 is 0. The highest BCUT2D eigenvalue weighted by atomic mass is 35.5. The molecule has 0 fully saturated rings. The number of nitrogens with zero attached hydrogens (tertiary/aromatic N) is 3. The summed E-state index contributed by atoms with van der Waals surface area (Å²) >= 11 is 6.46. The topological polar surface area (TPSA) is 74.0 Å². The lowest BCUT2D eigenvalue weighted by molar-refractivity contribution is 0.724. The number of aromatic nitrogens is 2. The molecule has 2 unspecified atom stereocenters. The van der Waals surface area contributed by atoms with Crippen LogP contribution in [-0.4, -0.2) is 28.4 Å². The van der Waals surface area contributed by atoms with Crippen molar-refractivity contribution >= 4 is 34.7 Å². The molecule has 0 aliphatic heterocycles. The summed E-state index contributed by atoms with van der Waals surface area (Å²) in [4.78, 5) is 13.9. The van der Waals surface area contributed by atoms with Crippen molar-refractivity contribution in [2.24, 2.45) is 4.99 Å². The fourth-order valence-electron chi connectivity index (χ4n) is 3.82. The molecule has 2 N–H and O–H groups in total. The van der Waals surface area contributed by atoms with E-state index in [0.29, 0.717) is 23.1 Å². The molecule has 0 saturated heterocycles. The van der Waals surface area contributed by atoms with Crippen LogP contribution in [0.1, 0.15) is 42.0 Å². The fraction of sp³-hybridized carbons (Fsp3) is 0.217. The molecule has 0 saturated carbocycles. The van der Waals surface area contributed by atoms with Gasteiger partial charge in [0.15, 0.2) is 0 Å². The van der Waals surface area contributed by atoms with E-state index in [-0.39, 0.29) is 11.8 Å². The number of hydrogen-bond acceptors (Lipinski definition) is 5. The van der Waals surface area contributed by atoms with Gasteiger partial charge in [0.25, 0.3) is 0 Å². The summed E-state index contributed by atoms with van der Waals surface area (Å²) in [7, 11) is 1.74. The number of hydrogen-bond donors (Lipinski definition) is 2. The Morgan fingerprint density at radius 1 is 1.14 bits per heavy atom. The van der Waals surface area contributed by atoms with Crippen LogP contribution >= 0.6 is 11.6 Å². The molecule has 2 aromatic carbocycles.